The molecule has 1 aromatic heterocycles. The third-order valence-corrected chi connectivity index (χ3v) is 4.94. The monoisotopic (exact) mass is 413 g/mol. The standard InChI is InChI=1S/C25H23N3O3/c1-30-22-14-12-21(13-15-22)25(29)28(18-19-8-4-2-5-9-19)17-16-23-26-24(27-31-23)20-10-6-3-7-11-20/h2-15H,16-18H2,1H3. The summed E-state index contributed by atoms with van der Waals surface area (Å²) in [7, 11) is 1.60. The van der Waals surface area contributed by atoms with E-state index in [2.05, 4.69) is 10.1 Å². The van der Waals surface area contributed by atoms with E-state index < -0.39 is 0 Å². The van der Waals surface area contributed by atoms with Gasteiger partial charge in [0, 0.05) is 30.6 Å². The molecule has 0 spiro atoms. The lowest BCUT2D eigenvalue weighted by Gasteiger charge is -2.22. The molecule has 0 unspecified atom stereocenters. The summed E-state index contributed by atoms with van der Waals surface area (Å²) in [4.78, 5) is 19.5. The summed E-state index contributed by atoms with van der Waals surface area (Å²) in [5.41, 5.74) is 2.56. The number of amides is 1. The number of hydrogen-bond donors (Lipinski definition) is 0. The van der Waals surface area contributed by atoms with Crippen molar-refractivity contribution in [3.63, 3.8) is 0 Å². The highest BCUT2D eigenvalue weighted by molar-refractivity contribution is 5.94. The van der Waals surface area contributed by atoms with Gasteiger partial charge in [0.15, 0.2) is 0 Å². The molecule has 0 fully saturated rings. The molecule has 3 aromatic carbocycles. The highest BCUT2D eigenvalue weighted by Gasteiger charge is 2.18. The third kappa shape index (κ3) is 5.17. The molecule has 6 heteroatoms. The van der Waals surface area contributed by atoms with E-state index in [1.54, 1.807) is 36.3 Å². The Bertz CT molecular complexity index is 1110. The van der Waals surface area contributed by atoms with Gasteiger partial charge >= 0.3 is 0 Å². The first-order valence-corrected chi connectivity index (χ1v) is 10.1. The van der Waals surface area contributed by atoms with Gasteiger partial charge in [0.25, 0.3) is 5.91 Å². The average Bonchev–Trinajstić information content (AvgIpc) is 3.32. The van der Waals surface area contributed by atoms with E-state index >= 15 is 0 Å². The fourth-order valence-corrected chi connectivity index (χ4v) is 3.26. The number of rotatable bonds is 8. The molecular weight excluding hydrogens is 390 g/mol. The minimum absolute atomic E-state index is 0.0608. The van der Waals surface area contributed by atoms with Crippen LogP contribution in [0.3, 0.4) is 0 Å². The van der Waals surface area contributed by atoms with E-state index in [1.165, 1.54) is 0 Å². The van der Waals surface area contributed by atoms with Crippen LogP contribution in [0.1, 0.15) is 21.8 Å². The van der Waals surface area contributed by atoms with Gasteiger partial charge in [0.05, 0.1) is 7.11 Å². The maximum Gasteiger partial charge on any atom is 0.254 e. The number of nitrogens with zero attached hydrogens (tertiary/aromatic N) is 3. The van der Waals surface area contributed by atoms with Crippen LogP contribution in [0, 0.1) is 0 Å². The minimum Gasteiger partial charge on any atom is -0.497 e. The number of aromatic nitrogens is 2. The quantitative estimate of drug-likeness (QED) is 0.421. The fourth-order valence-electron chi connectivity index (χ4n) is 3.26. The van der Waals surface area contributed by atoms with Crippen LogP contribution in [0.5, 0.6) is 5.75 Å². The Morgan fingerprint density at radius 1 is 0.935 bits per heavy atom. The predicted molar refractivity (Wildman–Crippen MR) is 118 cm³/mol. The molecule has 0 aliphatic rings. The molecule has 0 aliphatic carbocycles. The van der Waals surface area contributed by atoms with E-state index in [1.807, 2.05) is 60.7 Å². The van der Waals surface area contributed by atoms with Gasteiger partial charge in [-0.1, -0.05) is 65.8 Å². The molecule has 1 heterocycles. The highest BCUT2D eigenvalue weighted by Crippen LogP contribution is 2.17. The van der Waals surface area contributed by atoms with Crippen LogP contribution in [0.2, 0.25) is 0 Å². The minimum atomic E-state index is -0.0608. The molecule has 4 aromatic rings. The van der Waals surface area contributed by atoms with E-state index in [4.69, 9.17) is 9.26 Å². The molecule has 31 heavy (non-hydrogen) atoms. The number of hydrogen-bond acceptors (Lipinski definition) is 5. The van der Waals surface area contributed by atoms with Crippen molar-refractivity contribution in [2.45, 2.75) is 13.0 Å². The lowest BCUT2D eigenvalue weighted by molar-refractivity contribution is 0.0741. The second kappa shape index (κ2) is 9.71. The van der Waals surface area contributed by atoms with Crippen molar-refractivity contribution in [1.82, 2.24) is 15.0 Å². The maximum absolute atomic E-state index is 13.2. The summed E-state index contributed by atoms with van der Waals surface area (Å²) in [6.45, 7) is 0.946. The fraction of sp³-hybridized carbons (Fsp3) is 0.160. The smallest absolute Gasteiger partial charge is 0.254 e. The van der Waals surface area contributed by atoms with Gasteiger partial charge in [-0.15, -0.1) is 0 Å². The zero-order valence-electron chi connectivity index (χ0n) is 17.3. The summed E-state index contributed by atoms with van der Waals surface area (Å²) in [6, 6.07) is 26.7. The van der Waals surface area contributed by atoms with Crippen molar-refractivity contribution in [1.29, 1.82) is 0 Å². The van der Waals surface area contributed by atoms with Crippen molar-refractivity contribution in [2.24, 2.45) is 0 Å². The predicted octanol–water partition coefficient (Wildman–Crippen LogP) is 4.63. The SMILES string of the molecule is COc1ccc(C(=O)N(CCc2nc(-c3ccccc3)no2)Cc2ccccc2)cc1. The first kappa shape index (κ1) is 20.3. The highest BCUT2D eigenvalue weighted by atomic mass is 16.5. The zero-order valence-corrected chi connectivity index (χ0v) is 17.3. The maximum atomic E-state index is 13.2. The van der Waals surface area contributed by atoms with Crippen LogP contribution in [-0.2, 0) is 13.0 Å². The molecule has 0 N–H and O–H groups in total. The number of ether oxygens (including phenoxy) is 1. The van der Waals surface area contributed by atoms with E-state index in [0.717, 1.165) is 11.1 Å². The molecule has 6 nitrogen and oxygen atoms in total. The first-order valence-electron chi connectivity index (χ1n) is 10.1. The van der Waals surface area contributed by atoms with Crippen LogP contribution in [0.4, 0.5) is 0 Å². The molecular formula is C25H23N3O3. The van der Waals surface area contributed by atoms with Gasteiger partial charge in [0.2, 0.25) is 11.7 Å². The Morgan fingerprint density at radius 2 is 1.61 bits per heavy atom. The Balaban J connectivity index is 1.50. The Labute approximate surface area is 181 Å². The second-order valence-corrected chi connectivity index (χ2v) is 7.07. The molecule has 156 valence electrons. The van der Waals surface area contributed by atoms with Gasteiger partial charge in [-0.2, -0.15) is 4.98 Å². The van der Waals surface area contributed by atoms with Crippen LogP contribution >= 0.6 is 0 Å². The van der Waals surface area contributed by atoms with Crippen molar-refractivity contribution >= 4 is 5.91 Å². The Hall–Kier alpha value is -3.93. The van der Waals surface area contributed by atoms with Crippen LogP contribution in [-0.4, -0.2) is 34.6 Å². The first-order chi connectivity index (χ1) is 15.2. The Kier molecular flexibility index (Phi) is 6.38. The van der Waals surface area contributed by atoms with Crippen molar-refractivity contribution < 1.29 is 14.1 Å². The second-order valence-electron chi connectivity index (χ2n) is 7.07. The molecule has 0 bridgehead atoms. The molecule has 4 rings (SSSR count). The average molecular weight is 413 g/mol. The van der Waals surface area contributed by atoms with Gasteiger partial charge < -0.3 is 14.2 Å². The van der Waals surface area contributed by atoms with Crippen molar-refractivity contribution in [3.8, 4) is 17.1 Å². The van der Waals surface area contributed by atoms with Crippen LogP contribution in [0.25, 0.3) is 11.4 Å². The normalized spacial score (nSPS) is 10.6. The lowest BCUT2D eigenvalue weighted by atomic mass is 10.1. The van der Waals surface area contributed by atoms with Gasteiger partial charge in [-0.3, -0.25) is 4.79 Å². The van der Waals surface area contributed by atoms with Crippen molar-refractivity contribution in [3.05, 3.63) is 102 Å². The summed E-state index contributed by atoms with van der Waals surface area (Å²) in [6.07, 6.45) is 0.467. The number of carbonyl (C=O) groups excluding carboxylic acids is 1. The van der Waals surface area contributed by atoms with Gasteiger partial charge in [-0.25, -0.2) is 0 Å². The molecule has 0 saturated heterocycles. The summed E-state index contributed by atoms with van der Waals surface area (Å²) in [5, 5.41) is 4.07. The molecule has 0 saturated carbocycles. The summed E-state index contributed by atoms with van der Waals surface area (Å²) < 4.78 is 10.6. The van der Waals surface area contributed by atoms with Crippen LogP contribution in [0.15, 0.2) is 89.5 Å². The molecule has 0 aliphatic heterocycles. The van der Waals surface area contributed by atoms with Crippen LogP contribution < -0.4 is 4.74 Å². The van der Waals surface area contributed by atoms with Gasteiger partial charge in [0.1, 0.15) is 5.75 Å². The lowest BCUT2D eigenvalue weighted by Crippen LogP contribution is -2.32. The number of methoxy groups -OCH3 is 1. The third-order valence-electron chi connectivity index (χ3n) is 4.94. The van der Waals surface area contributed by atoms with E-state index in [0.29, 0.717) is 42.5 Å². The van der Waals surface area contributed by atoms with Crippen molar-refractivity contribution in [2.75, 3.05) is 13.7 Å². The molecule has 0 radical (unpaired) electrons. The van der Waals surface area contributed by atoms with E-state index in [-0.39, 0.29) is 5.91 Å². The topological polar surface area (TPSA) is 68.5 Å². The van der Waals surface area contributed by atoms with E-state index in [9.17, 15) is 4.79 Å². The summed E-state index contributed by atoms with van der Waals surface area (Å²) in [5.74, 6) is 1.70. The number of carbonyl (C=O) groups is 1. The molecule has 0 atom stereocenters. The zero-order chi connectivity index (χ0) is 21.5. The molecule has 1 amide bonds. The number of benzene rings is 3. The van der Waals surface area contributed by atoms with Gasteiger partial charge in [-0.05, 0) is 29.8 Å². The Morgan fingerprint density at radius 3 is 2.29 bits per heavy atom. The largest absolute Gasteiger partial charge is 0.497 e. The summed E-state index contributed by atoms with van der Waals surface area (Å²) >= 11 is 0.